The predicted octanol–water partition coefficient (Wildman–Crippen LogP) is 6.21. The van der Waals surface area contributed by atoms with Crippen molar-refractivity contribution in [2.24, 2.45) is 0 Å². The maximum absolute atomic E-state index is 12.9. The van der Waals surface area contributed by atoms with Gasteiger partial charge in [0, 0.05) is 23.0 Å². The summed E-state index contributed by atoms with van der Waals surface area (Å²) in [5, 5.41) is 2.39. The molecular formula is C20H14Cl2N2O2S2. The summed E-state index contributed by atoms with van der Waals surface area (Å²) in [6, 6.07) is 12.8. The van der Waals surface area contributed by atoms with Crippen molar-refractivity contribution in [1.29, 1.82) is 0 Å². The van der Waals surface area contributed by atoms with Gasteiger partial charge in [-0.05, 0) is 62.5 Å². The molecule has 1 saturated heterocycles. The number of thioether (sulfide) groups is 1. The van der Waals surface area contributed by atoms with Gasteiger partial charge in [0.15, 0.2) is 4.32 Å². The van der Waals surface area contributed by atoms with Gasteiger partial charge in [0.2, 0.25) is 0 Å². The molecule has 2 aromatic heterocycles. The molecule has 1 fully saturated rings. The summed E-state index contributed by atoms with van der Waals surface area (Å²) in [4.78, 5) is 13.4. The van der Waals surface area contributed by atoms with Gasteiger partial charge in [-0.25, -0.2) is 0 Å². The van der Waals surface area contributed by atoms with Crippen LogP contribution in [0.4, 0.5) is 0 Å². The molecule has 4 nitrogen and oxygen atoms in total. The van der Waals surface area contributed by atoms with E-state index in [0.29, 0.717) is 36.4 Å². The second-order valence-electron chi connectivity index (χ2n) is 6.22. The van der Waals surface area contributed by atoms with Crippen molar-refractivity contribution in [1.82, 2.24) is 4.68 Å². The Morgan fingerprint density at radius 3 is 2.50 bits per heavy atom. The highest BCUT2D eigenvalue weighted by Gasteiger charge is 2.35. The molecule has 4 rings (SSSR count). The highest BCUT2D eigenvalue weighted by Crippen LogP contribution is 2.36. The van der Waals surface area contributed by atoms with Crippen molar-refractivity contribution in [3.05, 3.63) is 74.6 Å². The van der Waals surface area contributed by atoms with Crippen LogP contribution in [-0.2, 0) is 4.79 Å². The van der Waals surface area contributed by atoms with E-state index in [1.807, 2.05) is 36.7 Å². The zero-order valence-electron chi connectivity index (χ0n) is 14.9. The van der Waals surface area contributed by atoms with Crippen LogP contribution in [0.25, 0.3) is 17.4 Å². The number of amides is 1. The van der Waals surface area contributed by atoms with Crippen LogP contribution < -0.4 is 5.01 Å². The second-order valence-corrected chi connectivity index (χ2v) is 8.69. The highest BCUT2D eigenvalue weighted by molar-refractivity contribution is 8.27. The van der Waals surface area contributed by atoms with Crippen LogP contribution in [0.15, 0.2) is 51.8 Å². The Labute approximate surface area is 181 Å². The summed E-state index contributed by atoms with van der Waals surface area (Å²) in [6.07, 6.45) is 1.69. The van der Waals surface area contributed by atoms with E-state index in [-0.39, 0.29) is 5.91 Å². The Bertz CT molecular complexity index is 1130. The minimum atomic E-state index is -0.184. The fourth-order valence-corrected chi connectivity index (χ4v) is 4.62. The molecule has 1 aromatic carbocycles. The van der Waals surface area contributed by atoms with Crippen LogP contribution in [0.3, 0.4) is 0 Å². The van der Waals surface area contributed by atoms with Crippen LogP contribution in [0.1, 0.15) is 17.1 Å². The Morgan fingerprint density at radius 1 is 1.07 bits per heavy atom. The number of carbonyl (C=O) groups is 1. The number of hydrogen-bond donors (Lipinski definition) is 0. The van der Waals surface area contributed by atoms with Crippen molar-refractivity contribution in [3.63, 3.8) is 0 Å². The third-order valence-corrected chi connectivity index (χ3v) is 6.43. The van der Waals surface area contributed by atoms with Gasteiger partial charge in [-0.1, -0.05) is 41.0 Å². The van der Waals surface area contributed by atoms with Crippen LogP contribution >= 0.6 is 47.2 Å². The number of nitrogens with zero attached hydrogens (tertiary/aromatic N) is 2. The lowest BCUT2D eigenvalue weighted by Gasteiger charge is -2.20. The van der Waals surface area contributed by atoms with Crippen LogP contribution in [0.5, 0.6) is 0 Å². The average Bonchev–Trinajstić information content (AvgIpc) is 3.31. The SMILES string of the molecule is Cc1ccc(C)n1N1C(=O)/C(=C/c2ccc(-c3cccc(Cl)c3Cl)o2)SC1=S. The molecule has 0 bridgehead atoms. The molecule has 0 saturated carbocycles. The topological polar surface area (TPSA) is 38.4 Å². The minimum absolute atomic E-state index is 0.184. The zero-order valence-corrected chi connectivity index (χ0v) is 18.0. The highest BCUT2D eigenvalue weighted by atomic mass is 35.5. The average molecular weight is 449 g/mol. The number of aryl methyl sites for hydroxylation is 2. The summed E-state index contributed by atoms with van der Waals surface area (Å²) in [7, 11) is 0. The lowest BCUT2D eigenvalue weighted by Crippen LogP contribution is -2.39. The predicted molar refractivity (Wildman–Crippen MR) is 119 cm³/mol. The smallest absolute Gasteiger partial charge is 0.285 e. The van der Waals surface area contributed by atoms with Gasteiger partial charge in [0.05, 0.1) is 15.0 Å². The maximum Gasteiger partial charge on any atom is 0.285 e. The summed E-state index contributed by atoms with van der Waals surface area (Å²) in [5.41, 5.74) is 2.57. The fraction of sp³-hybridized carbons (Fsp3) is 0.100. The number of hydrogen-bond acceptors (Lipinski definition) is 4. The molecule has 0 aliphatic carbocycles. The third-order valence-electron chi connectivity index (χ3n) is 4.32. The standard InChI is InChI=1S/C20H14Cl2N2O2S2/c1-11-6-7-12(2)23(11)24-19(25)17(28-20(24)27)10-13-8-9-16(26-13)14-4-3-5-15(21)18(14)22/h3-10H,1-2H3/b17-10-. The van der Waals surface area contributed by atoms with Gasteiger partial charge in [0.25, 0.3) is 5.91 Å². The van der Waals surface area contributed by atoms with E-state index in [1.54, 1.807) is 30.3 Å². The van der Waals surface area contributed by atoms with Crippen molar-refractivity contribution < 1.29 is 9.21 Å². The molecule has 0 spiro atoms. The summed E-state index contributed by atoms with van der Waals surface area (Å²) in [6.45, 7) is 3.87. The Morgan fingerprint density at radius 2 is 1.79 bits per heavy atom. The first-order valence-corrected chi connectivity index (χ1v) is 10.3. The van der Waals surface area contributed by atoms with E-state index < -0.39 is 0 Å². The molecule has 1 aliphatic rings. The normalized spacial score (nSPS) is 15.9. The van der Waals surface area contributed by atoms with E-state index in [9.17, 15) is 4.79 Å². The molecule has 0 atom stereocenters. The first-order chi connectivity index (χ1) is 13.4. The van der Waals surface area contributed by atoms with Gasteiger partial charge in [-0.2, -0.15) is 5.01 Å². The molecular weight excluding hydrogens is 435 g/mol. The van der Waals surface area contributed by atoms with Crippen molar-refractivity contribution in [3.8, 4) is 11.3 Å². The molecule has 0 N–H and O–H groups in total. The largest absolute Gasteiger partial charge is 0.457 e. The number of aromatic nitrogens is 1. The molecule has 28 heavy (non-hydrogen) atoms. The van der Waals surface area contributed by atoms with E-state index in [4.69, 9.17) is 39.8 Å². The van der Waals surface area contributed by atoms with Crippen LogP contribution in [0.2, 0.25) is 10.0 Å². The number of halogens is 2. The van der Waals surface area contributed by atoms with Crippen LogP contribution in [-0.4, -0.2) is 14.9 Å². The lowest BCUT2D eigenvalue weighted by molar-refractivity contribution is -0.114. The number of benzene rings is 1. The molecule has 0 unspecified atom stereocenters. The first kappa shape index (κ1) is 19.3. The van der Waals surface area contributed by atoms with E-state index in [1.165, 1.54) is 16.8 Å². The minimum Gasteiger partial charge on any atom is -0.457 e. The van der Waals surface area contributed by atoms with E-state index in [0.717, 1.165) is 11.4 Å². The number of furan rings is 1. The van der Waals surface area contributed by atoms with Gasteiger partial charge in [-0.3, -0.25) is 9.47 Å². The number of carbonyl (C=O) groups excluding carboxylic acids is 1. The lowest BCUT2D eigenvalue weighted by atomic mass is 10.2. The Hall–Kier alpha value is -1.99. The number of rotatable bonds is 3. The molecule has 142 valence electrons. The molecule has 0 radical (unpaired) electrons. The van der Waals surface area contributed by atoms with Crippen molar-refractivity contribution in [2.45, 2.75) is 13.8 Å². The zero-order chi connectivity index (χ0) is 20.0. The van der Waals surface area contributed by atoms with Gasteiger partial charge >= 0.3 is 0 Å². The monoisotopic (exact) mass is 448 g/mol. The Balaban J connectivity index is 1.66. The molecule has 3 heterocycles. The van der Waals surface area contributed by atoms with Crippen LogP contribution in [0, 0.1) is 13.8 Å². The Kier molecular flexibility index (Phi) is 5.14. The van der Waals surface area contributed by atoms with E-state index >= 15 is 0 Å². The molecule has 1 aliphatic heterocycles. The summed E-state index contributed by atoms with van der Waals surface area (Å²) >= 11 is 19.0. The molecule has 3 aromatic rings. The third kappa shape index (κ3) is 3.31. The fourth-order valence-electron chi connectivity index (χ4n) is 3.01. The van der Waals surface area contributed by atoms with Crippen molar-refractivity contribution >= 4 is 63.5 Å². The maximum atomic E-state index is 12.9. The summed E-state index contributed by atoms with van der Waals surface area (Å²) in [5.74, 6) is 0.926. The van der Waals surface area contributed by atoms with Crippen molar-refractivity contribution in [2.75, 3.05) is 5.01 Å². The van der Waals surface area contributed by atoms with Gasteiger partial charge in [-0.15, -0.1) is 0 Å². The van der Waals surface area contributed by atoms with E-state index in [2.05, 4.69) is 0 Å². The molecule has 1 amide bonds. The number of thiocarbonyl (C=S) groups is 1. The van der Waals surface area contributed by atoms with Gasteiger partial charge < -0.3 is 4.42 Å². The summed E-state index contributed by atoms with van der Waals surface area (Å²) < 4.78 is 8.16. The quantitative estimate of drug-likeness (QED) is 0.352. The second kappa shape index (κ2) is 7.44. The molecule has 8 heteroatoms. The van der Waals surface area contributed by atoms with Gasteiger partial charge in [0.1, 0.15) is 11.5 Å². The first-order valence-electron chi connectivity index (χ1n) is 8.34.